The molecule has 2 nitrogen and oxygen atoms in total. The van der Waals surface area contributed by atoms with Crippen molar-refractivity contribution in [1.29, 1.82) is 0 Å². The first-order valence-corrected chi connectivity index (χ1v) is 9.83. The molecule has 3 heteroatoms. The lowest BCUT2D eigenvalue weighted by Crippen LogP contribution is -2.25. The maximum atomic E-state index is 13.0. The fraction of sp³-hybridized carbons (Fsp3) is 0.167. The molecular weight excluding hydrogens is 400 g/mol. The Bertz CT molecular complexity index is 988. The predicted octanol–water partition coefficient (Wildman–Crippen LogP) is 5.89. The van der Waals surface area contributed by atoms with Gasteiger partial charge in [0.05, 0.1) is 0 Å². The normalized spacial score (nSPS) is 14.4. The Morgan fingerprint density at radius 1 is 0.926 bits per heavy atom. The fourth-order valence-electron chi connectivity index (χ4n) is 4.17. The van der Waals surface area contributed by atoms with Crippen LogP contribution in [0.5, 0.6) is 0 Å². The lowest BCUT2D eigenvalue weighted by Gasteiger charge is -2.34. The van der Waals surface area contributed by atoms with Crippen molar-refractivity contribution >= 4 is 27.5 Å². The van der Waals surface area contributed by atoms with Gasteiger partial charge in [-0.3, -0.25) is 4.79 Å². The van der Waals surface area contributed by atoms with Crippen LogP contribution in [0.15, 0.2) is 77.3 Å². The van der Waals surface area contributed by atoms with E-state index in [0.29, 0.717) is 6.42 Å². The minimum atomic E-state index is -0.0340. The minimum absolute atomic E-state index is 0.0320. The van der Waals surface area contributed by atoms with E-state index in [4.69, 9.17) is 0 Å². The van der Waals surface area contributed by atoms with Crippen molar-refractivity contribution in [3.8, 4) is 0 Å². The van der Waals surface area contributed by atoms with Crippen LogP contribution in [-0.2, 0) is 4.79 Å². The topological polar surface area (TPSA) is 34.1 Å². The summed E-state index contributed by atoms with van der Waals surface area (Å²) in [6.07, 6.45) is 0.429. The second kappa shape index (κ2) is 7.24. The molecule has 27 heavy (non-hydrogen) atoms. The van der Waals surface area contributed by atoms with E-state index in [-0.39, 0.29) is 23.4 Å². The Kier molecular flexibility index (Phi) is 4.79. The van der Waals surface area contributed by atoms with E-state index >= 15 is 0 Å². The van der Waals surface area contributed by atoms with Gasteiger partial charge >= 0.3 is 0 Å². The standard InChI is InChI=1S/C24H19BrO2/c1-15(26)13-22(16-7-6-8-17(25)14-16)23-18-9-2-4-11-20(18)24(27)21-12-5-3-10-19(21)23/h2-12,14,22-23H,13H2,1H3/t22-/m1/s1. The van der Waals surface area contributed by atoms with E-state index in [0.717, 1.165) is 32.3 Å². The second-order valence-corrected chi connectivity index (χ2v) is 7.96. The lowest BCUT2D eigenvalue weighted by molar-refractivity contribution is -0.117. The molecule has 4 rings (SSSR count). The molecule has 0 unspecified atom stereocenters. The number of fused-ring (bicyclic) bond motifs is 2. The highest BCUT2D eigenvalue weighted by molar-refractivity contribution is 9.10. The summed E-state index contributed by atoms with van der Waals surface area (Å²) in [5, 5.41) is 0. The molecule has 134 valence electrons. The Morgan fingerprint density at radius 3 is 2.07 bits per heavy atom. The van der Waals surface area contributed by atoms with Gasteiger partial charge in [0.1, 0.15) is 5.78 Å². The van der Waals surface area contributed by atoms with Gasteiger partial charge in [-0.2, -0.15) is 0 Å². The van der Waals surface area contributed by atoms with E-state index in [1.54, 1.807) is 6.92 Å². The summed E-state index contributed by atoms with van der Waals surface area (Å²) in [5.41, 5.74) is 4.60. The molecule has 0 heterocycles. The smallest absolute Gasteiger partial charge is 0.193 e. The number of hydrogen-bond donors (Lipinski definition) is 0. The van der Waals surface area contributed by atoms with Gasteiger partial charge in [-0.1, -0.05) is 76.6 Å². The van der Waals surface area contributed by atoms with Gasteiger partial charge in [-0.15, -0.1) is 0 Å². The van der Waals surface area contributed by atoms with Crippen LogP contribution < -0.4 is 0 Å². The Balaban J connectivity index is 1.96. The third-order valence-electron chi connectivity index (χ3n) is 5.27. The number of carbonyl (C=O) groups excluding carboxylic acids is 2. The molecule has 0 fully saturated rings. The summed E-state index contributed by atoms with van der Waals surface area (Å²) >= 11 is 3.55. The van der Waals surface area contributed by atoms with E-state index in [9.17, 15) is 9.59 Å². The molecule has 1 aliphatic carbocycles. The zero-order valence-electron chi connectivity index (χ0n) is 15.0. The van der Waals surface area contributed by atoms with Crippen molar-refractivity contribution in [1.82, 2.24) is 0 Å². The number of hydrogen-bond acceptors (Lipinski definition) is 2. The van der Waals surface area contributed by atoms with Crippen molar-refractivity contribution < 1.29 is 9.59 Å². The molecule has 0 aliphatic heterocycles. The highest BCUT2D eigenvalue weighted by Gasteiger charge is 2.36. The monoisotopic (exact) mass is 418 g/mol. The molecule has 0 bridgehead atoms. The van der Waals surface area contributed by atoms with Crippen molar-refractivity contribution in [3.05, 3.63) is 105 Å². The van der Waals surface area contributed by atoms with Crippen LogP contribution in [-0.4, -0.2) is 11.6 Å². The Morgan fingerprint density at radius 2 is 1.52 bits per heavy atom. The second-order valence-electron chi connectivity index (χ2n) is 7.05. The van der Waals surface area contributed by atoms with Gasteiger partial charge in [0, 0.05) is 33.9 Å². The summed E-state index contributed by atoms with van der Waals surface area (Å²) in [4.78, 5) is 25.2. The third-order valence-corrected chi connectivity index (χ3v) is 5.76. The number of benzene rings is 3. The molecule has 3 aromatic carbocycles. The maximum absolute atomic E-state index is 13.0. The number of halogens is 1. The first-order chi connectivity index (χ1) is 13.1. The highest BCUT2D eigenvalue weighted by Crippen LogP contribution is 2.46. The molecule has 0 amide bonds. The van der Waals surface area contributed by atoms with Gasteiger partial charge in [-0.25, -0.2) is 0 Å². The van der Waals surface area contributed by atoms with E-state index in [1.165, 1.54) is 0 Å². The van der Waals surface area contributed by atoms with Crippen LogP contribution in [0.2, 0.25) is 0 Å². The van der Waals surface area contributed by atoms with Crippen LogP contribution in [0.25, 0.3) is 0 Å². The number of carbonyl (C=O) groups is 2. The molecule has 3 aromatic rings. The SMILES string of the molecule is CC(=O)C[C@H](c1cccc(Br)c1)C1c2ccccc2C(=O)c2ccccc21. The predicted molar refractivity (Wildman–Crippen MR) is 110 cm³/mol. The zero-order valence-corrected chi connectivity index (χ0v) is 16.6. The molecule has 1 atom stereocenters. The van der Waals surface area contributed by atoms with E-state index in [2.05, 4.69) is 28.1 Å². The quantitative estimate of drug-likeness (QED) is 0.529. The van der Waals surface area contributed by atoms with Crippen molar-refractivity contribution in [2.45, 2.75) is 25.2 Å². The van der Waals surface area contributed by atoms with Crippen LogP contribution >= 0.6 is 15.9 Å². The molecule has 0 spiro atoms. The fourth-order valence-corrected chi connectivity index (χ4v) is 4.59. The maximum Gasteiger partial charge on any atom is 0.193 e. The van der Waals surface area contributed by atoms with Crippen molar-refractivity contribution in [2.75, 3.05) is 0 Å². The summed E-state index contributed by atoms with van der Waals surface area (Å²) in [6, 6.07) is 23.7. The largest absolute Gasteiger partial charge is 0.300 e. The third kappa shape index (κ3) is 3.28. The van der Waals surface area contributed by atoms with E-state index < -0.39 is 0 Å². The summed E-state index contributed by atoms with van der Waals surface area (Å²) in [6.45, 7) is 1.64. The average Bonchev–Trinajstić information content (AvgIpc) is 2.67. The summed E-state index contributed by atoms with van der Waals surface area (Å²) in [7, 11) is 0. The molecule has 1 aliphatic rings. The van der Waals surface area contributed by atoms with Gasteiger partial charge in [0.2, 0.25) is 0 Å². The molecule has 0 radical (unpaired) electrons. The summed E-state index contributed by atoms with van der Waals surface area (Å²) in [5.74, 6) is 0.142. The first kappa shape index (κ1) is 17.9. The Labute approximate surface area is 167 Å². The van der Waals surface area contributed by atoms with E-state index in [1.807, 2.05) is 60.7 Å². The average molecular weight is 419 g/mol. The van der Waals surface area contributed by atoms with Crippen LogP contribution in [0.3, 0.4) is 0 Å². The van der Waals surface area contributed by atoms with Gasteiger partial charge in [0.15, 0.2) is 5.78 Å². The minimum Gasteiger partial charge on any atom is -0.300 e. The lowest BCUT2D eigenvalue weighted by atomic mass is 9.68. The van der Waals surface area contributed by atoms with Crippen molar-refractivity contribution in [2.24, 2.45) is 0 Å². The zero-order chi connectivity index (χ0) is 19.0. The number of Topliss-reactive ketones (excluding diaryl/α,β-unsaturated/α-hetero) is 1. The summed E-state index contributed by atoms with van der Waals surface area (Å²) < 4.78 is 0.988. The molecule has 0 saturated heterocycles. The molecule has 0 N–H and O–H groups in total. The van der Waals surface area contributed by atoms with Gasteiger partial charge in [0.25, 0.3) is 0 Å². The van der Waals surface area contributed by atoms with Crippen LogP contribution in [0, 0.1) is 0 Å². The number of rotatable bonds is 4. The Hall–Kier alpha value is -2.52. The molecule has 0 aromatic heterocycles. The number of ketones is 2. The molecular formula is C24H19BrO2. The first-order valence-electron chi connectivity index (χ1n) is 9.03. The molecule has 0 saturated carbocycles. The van der Waals surface area contributed by atoms with Gasteiger partial charge in [-0.05, 0) is 35.7 Å². The highest BCUT2D eigenvalue weighted by atomic mass is 79.9. The van der Waals surface area contributed by atoms with Gasteiger partial charge < -0.3 is 4.79 Å². The van der Waals surface area contributed by atoms with Crippen molar-refractivity contribution in [3.63, 3.8) is 0 Å². The van der Waals surface area contributed by atoms with Crippen LogP contribution in [0.1, 0.15) is 57.8 Å². The van der Waals surface area contributed by atoms with Crippen LogP contribution in [0.4, 0.5) is 0 Å².